The van der Waals surface area contributed by atoms with Crippen LogP contribution in [0.5, 0.6) is 11.5 Å². The Labute approximate surface area is 308 Å². The van der Waals surface area contributed by atoms with Gasteiger partial charge in [-0.25, -0.2) is 0 Å². The van der Waals surface area contributed by atoms with Crippen molar-refractivity contribution in [2.75, 3.05) is 0 Å². The molecule has 0 aliphatic rings. The van der Waals surface area contributed by atoms with Gasteiger partial charge >= 0.3 is 21.1 Å². The fourth-order valence-corrected chi connectivity index (χ4v) is 7.68. The maximum atomic E-state index is 6.55. The number of benzene rings is 5. The summed E-state index contributed by atoms with van der Waals surface area (Å²) < 4.78 is 10.9. The smallest absolute Gasteiger partial charge is 0.497 e. The van der Waals surface area contributed by atoms with Crippen molar-refractivity contribution in [2.45, 2.75) is 20.8 Å². The molecule has 0 unspecified atom stereocenters. The molecule has 0 bridgehead atoms. The van der Waals surface area contributed by atoms with Gasteiger partial charge in [0.25, 0.3) is 0 Å². The van der Waals surface area contributed by atoms with Crippen LogP contribution in [-0.4, -0.2) is 23.8 Å². The fraction of sp³-hybridized carbons (Fsp3) is 0.0682. The molecule has 0 spiro atoms. The Kier molecular flexibility index (Phi) is 7.27. The normalized spacial score (nSPS) is 11.7. The van der Waals surface area contributed by atoms with E-state index >= 15 is 0 Å². The Bertz CT molecular complexity index is 2980. The summed E-state index contributed by atoms with van der Waals surface area (Å²) in [6, 6.07) is 42.4. The number of aromatic nitrogens is 5. The molecule has 10 rings (SSSR count). The molecule has 5 heterocycles. The first-order chi connectivity index (χ1) is 24.5. The zero-order valence-corrected chi connectivity index (χ0v) is 30.3. The van der Waals surface area contributed by atoms with E-state index in [9.17, 15) is 0 Å². The number of rotatable bonds is 4. The molecule has 0 fully saturated rings. The molecule has 7 heteroatoms. The van der Waals surface area contributed by atoms with E-state index < -0.39 is 0 Å². The van der Waals surface area contributed by atoms with E-state index in [1.54, 1.807) is 0 Å². The van der Waals surface area contributed by atoms with Crippen molar-refractivity contribution in [1.29, 1.82) is 0 Å². The zero-order valence-electron chi connectivity index (χ0n) is 28.0. The van der Waals surface area contributed by atoms with Crippen LogP contribution in [0.1, 0.15) is 16.7 Å². The summed E-state index contributed by atoms with van der Waals surface area (Å²) in [6.45, 7) is 6.49. The summed E-state index contributed by atoms with van der Waals surface area (Å²) >= 11 is 0. The summed E-state index contributed by atoms with van der Waals surface area (Å²) in [7, 11) is 0. The minimum atomic E-state index is 0. The predicted molar refractivity (Wildman–Crippen MR) is 201 cm³/mol. The van der Waals surface area contributed by atoms with Crippen LogP contribution < -0.4 is 4.74 Å². The van der Waals surface area contributed by atoms with Gasteiger partial charge in [-0.15, -0.1) is 12.1 Å². The number of fused-ring (bicyclic) bond motifs is 12. The number of imidazole rings is 2. The number of para-hydroxylation sites is 1. The number of nitrogens with zero attached hydrogens (tertiary/aromatic N) is 5. The van der Waals surface area contributed by atoms with Gasteiger partial charge in [-0.05, 0) is 55.5 Å². The average molecular weight is 839 g/mol. The quantitative estimate of drug-likeness (QED) is 0.131. The summed E-state index contributed by atoms with van der Waals surface area (Å²) in [5.74, 6) is 1.15. The van der Waals surface area contributed by atoms with Crippen LogP contribution in [0.25, 0.3) is 77.3 Å². The minimum Gasteiger partial charge on any atom is -0.497 e. The molecule has 0 amide bonds. The van der Waals surface area contributed by atoms with Crippen LogP contribution in [0.4, 0.5) is 0 Å². The first kappa shape index (κ1) is 31.2. The standard InChI is InChI=1S/C44H29N5O.Pt/c1-26-20-27(2)41(28(3)21-26)40-24-46-43-35-22-30(15-17-32(35)33-12-7-8-13-38(33)49(40)43)50-31-16-18-34-36(23-31)44-47-37(29-10-5-4-6-11-29)25-48(44)39-14-9-19-45-42(34)39;/h4-21,24-25H,1-3H3;/q-2;+2. The van der Waals surface area contributed by atoms with Crippen molar-refractivity contribution in [3.8, 4) is 34.0 Å². The monoisotopic (exact) mass is 838 g/mol. The fourth-order valence-electron chi connectivity index (χ4n) is 7.68. The van der Waals surface area contributed by atoms with Gasteiger partial charge in [0, 0.05) is 46.7 Å². The van der Waals surface area contributed by atoms with Gasteiger partial charge in [-0.1, -0.05) is 112 Å². The molecule has 246 valence electrons. The molecular weight excluding hydrogens is 810 g/mol. The topological polar surface area (TPSA) is 56.7 Å². The molecule has 5 aromatic heterocycles. The van der Waals surface area contributed by atoms with Crippen molar-refractivity contribution < 1.29 is 25.8 Å². The van der Waals surface area contributed by atoms with Gasteiger partial charge in [0.05, 0.1) is 33.7 Å². The van der Waals surface area contributed by atoms with Gasteiger partial charge in [0.1, 0.15) is 0 Å². The third kappa shape index (κ3) is 4.85. The Hall–Kier alpha value is -5.84. The average Bonchev–Trinajstić information content (AvgIpc) is 3.78. The minimum absolute atomic E-state index is 0. The molecule has 0 aliphatic carbocycles. The van der Waals surface area contributed by atoms with Crippen molar-refractivity contribution in [3.63, 3.8) is 0 Å². The predicted octanol–water partition coefficient (Wildman–Crippen LogP) is 10.6. The third-order valence-corrected chi connectivity index (χ3v) is 9.71. The Morgan fingerprint density at radius 2 is 1.33 bits per heavy atom. The van der Waals surface area contributed by atoms with Gasteiger partial charge < -0.3 is 13.5 Å². The van der Waals surface area contributed by atoms with Crippen LogP contribution in [0.15, 0.2) is 122 Å². The van der Waals surface area contributed by atoms with E-state index in [4.69, 9.17) is 19.7 Å². The van der Waals surface area contributed by atoms with E-state index in [1.165, 1.54) is 22.3 Å². The van der Waals surface area contributed by atoms with E-state index in [0.29, 0.717) is 11.5 Å². The van der Waals surface area contributed by atoms with E-state index in [1.807, 2.05) is 54.9 Å². The maximum Gasteiger partial charge on any atom is 2.00 e. The molecule has 5 aromatic carbocycles. The van der Waals surface area contributed by atoms with Crippen molar-refractivity contribution in [3.05, 3.63) is 151 Å². The molecule has 51 heavy (non-hydrogen) atoms. The zero-order chi connectivity index (χ0) is 33.5. The molecule has 0 aliphatic heterocycles. The van der Waals surface area contributed by atoms with Gasteiger partial charge in [-0.2, -0.15) is 0 Å². The summed E-state index contributed by atoms with van der Waals surface area (Å²) in [5, 5.41) is 4.91. The molecule has 0 radical (unpaired) electrons. The molecule has 0 atom stereocenters. The first-order valence-electron chi connectivity index (χ1n) is 16.7. The third-order valence-electron chi connectivity index (χ3n) is 9.71. The van der Waals surface area contributed by atoms with Crippen molar-refractivity contribution in [1.82, 2.24) is 23.8 Å². The van der Waals surface area contributed by atoms with Crippen molar-refractivity contribution in [2.24, 2.45) is 0 Å². The number of hydrogen-bond donors (Lipinski definition) is 0. The molecule has 0 saturated carbocycles. The van der Waals surface area contributed by atoms with E-state index in [-0.39, 0.29) is 21.1 Å². The Balaban J connectivity index is 0.00000348. The number of ether oxygens (including phenoxy) is 1. The summed E-state index contributed by atoms with van der Waals surface area (Å²) in [5.41, 5.74) is 12.5. The molecular formula is C44H29N5OPt. The van der Waals surface area contributed by atoms with E-state index in [2.05, 4.69) is 109 Å². The van der Waals surface area contributed by atoms with Crippen LogP contribution in [-0.2, 0) is 21.1 Å². The Morgan fingerprint density at radius 3 is 2.12 bits per heavy atom. The maximum absolute atomic E-state index is 6.55. The van der Waals surface area contributed by atoms with Crippen LogP contribution in [0.2, 0.25) is 0 Å². The van der Waals surface area contributed by atoms with Gasteiger partial charge in [-0.3, -0.25) is 15.0 Å². The van der Waals surface area contributed by atoms with Crippen molar-refractivity contribution >= 4 is 54.8 Å². The summed E-state index contributed by atoms with van der Waals surface area (Å²) in [6.07, 6.45) is 5.88. The number of aryl methyl sites for hydroxylation is 3. The molecule has 6 nitrogen and oxygen atoms in total. The number of hydrogen-bond acceptors (Lipinski definition) is 4. The van der Waals surface area contributed by atoms with Crippen LogP contribution >= 0.6 is 0 Å². The molecule has 10 aromatic rings. The second-order valence-electron chi connectivity index (χ2n) is 13.0. The molecule has 0 N–H and O–H groups in total. The molecule has 0 saturated heterocycles. The second kappa shape index (κ2) is 11.9. The SMILES string of the molecule is Cc1cc(C)c(-c2cnc3c4[c-]c(Oc5[c-]c6c(cc5)c5ncccc5n5cc(-c7ccccc7)nc65)ccc4c4ccccc4n23)c(C)c1.[Pt+2]. The Morgan fingerprint density at radius 1 is 0.647 bits per heavy atom. The number of pyridine rings is 3. The summed E-state index contributed by atoms with van der Waals surface area (Å²) in [4.78, 5) is 14.9. The van der Waals surface area contributed by atoms with E-state index in [0.717, 1.165) is 71.7 Å². The van der Waals surface area contributed by atoms with Crippen LogP contribution in [0.3, 0.4) is 0 Å². The second-order valence-corrected chi connectivity index (χ2v) is 13.0. The van der Waals surface area contributed by atoms with Crippen LogP contribution in [0, 0.1) is 32.9 Å². The van der Waals surface area contributed by atoms with Gasteiger partial charge in [0.15, 0.2) is 0 Å². The first-order valence-corrected chi connectivity index (χ1v) is 16.7. The largest absolute Gasteiger partial charge is 2.00 e. The van der Waals surface area contributed by atoms with Gasteiger partial charge in [0.2, 0.25) is 0 Å².